The van der Waals surface area contributed by atoms with E-state index < -0.39 is 0 Å². The molecule has 3 aliphatic rings. The molecular formula is C20H23N3O2. The number of amides is 1. The van der Waals surface area contributed by atoms with Crippen LogP contribution in [0, 0.1) is 5.92 Å². The van der Waals surface area contributed by atoms with E-state index in [0.717, 1.165) is 48.7 Å². The first-order valence-electron chi connectivity index (χ1n) is 9.54. The minimum atomic E-state index is 0.173. The van der Waals surface area contributed by atoms with Gasteiger partial charge >= 0.3 is 0 Å². The third-order valence-electron chi connectivity index (χ3n) is 6.02. The zero-order chi connectivity index (χ0) is 16.8. The van der Waals surface area contributed by atoms with Gasteiger partial charge in [-0.25, -0.2) is 0 Å². The lowest BCUT2D eigenvalue weighted by Crippen LogP contribution is -2.46. The Labute approximate surface area is 147 Å². The highest BCUT2D eigenvalue weighted by molar-refractivity contribution is 5.95. The van der Waals surface area contributed by atoms with Crippen molar-refractivity contribution in [1.29, 1.82) is 0 Å². The van der Waals surface area contributed by atoms with Crippen LogP contribution in [0.15, 0.2) is 28.8 Å². The summed E-state index contributed by atoms with van der Waals surface area (Å²) in [6, 6.07) is 8.10. The maximum Gasteiger partial charge on any atom is 0.257 e. The summed E-state index contributed by atoms with van der Waals surface area (Å²) in [5.41, 5.74) is 1.64. The molecule has 2 aromatic rings. The standard InChI is InChI=1S/C20H23N3O2/c24-20(23-12-2-4-13-3-1-5-17(13)23)16-10-8-15(9-11-16)19-21-18(22-25-19)14-6-7-14/h8-11,13-14,17H,1-7,12H2/t13-,17-/m0/s1. The van der Waals surface area contributed by atoms with Crippen molar-refractivity contribution in [3.63, 3.8) is 0 Å². The predicted molar refractivity (Wildman–Crippen MR) is 93.1 cm³/mol. The highest BCUT2D eigenvalue weighted by Crippen LogP contribution is 2.39. The second-order valence-electron chi connectivity index (χ2n) is 7.71. The van der Waals surface area contributed by atoms with Gasteiger partial charge < -0.3 is 9.42 Å². The summed E-state index contributed by atoms with van der Waals surface area (Å²) in [4.78, 5) is 19.6. The van der Waals surface area contributed by atoms with Crippen molar-refractivity contribution in [2.75, 3.05) is 6.54 Å². The zero-order valence-corrected chi connectivity index (χ0v) is 14.4. The van der Waals surface area contributed by atoms with Crippen molar-refractivity contribution >= 4 is 5.91 Å². The summed E-state index contributed by atoms with van der Waals surface area (Å²) in [6.07, 6.45) is 8.45. The molecule has 0 N–H and O–H groups in total. The number of rotatable bonds is 3. The van der Waals surface area contributed by atoms with Gasteiger partial charge in [-0.2, -0.15) is 4.98 Å². The first kappa shape index (κ1) is 15.1. The molecule has 1 aromatic heterocycles. The number of hydrogen-bond donors (Lipinski definition) is 0. The molecule has 1 aromatic carbocycles. The molecule has 2 saturated carbocycles. The van der Waals surface area contributed by atoms with Crippen LogP contribution in [0.5, 0.6) is 0 Å². The van der Waals surface area contributed by atoms with E-state index in [1.807, 2.05) is 24.3 Å². The first-order chi connectivity index (χ1) is 12.3. The van der Waals surface area contributed by atoms with Crippen molar-refractivity contribution < 1.29 is 9.32 Å². The Bertz CT molecular complexity index is 778. The molecule has 0 bridgehead atoms. The van der Waals surface area contributed by atoms with Crippen LogP contribution in [0.4, 0.5) is 0 Å². The number of likely N-dealkylation sites (tertiary alicyclic amines) is 1. The lowest BCUT2D eigenvalue weighted by atomic mass is 9.91. The number of nitrogens with zero attached hydrogens (tertiary/aromatic N) is 3. The number of carbonyl (C=O) groups excluding carboxylic acids is 1. The Morgan fingerprint density at radius 1 is 1.04 bits per heavy atom. The average molecular weight is 337 g/mol. The third kappa shape index (κ3) is 2.75. The first-order valence-corrected chi connectivity index (χ1v) is 9.54. The maximum absolute atomic E-state index is 13.0. The van der Waals surface area contributed by atoms with Crippen LogP contribution in [-0.2, 0) is 0 Å². The molecule has 25 heavy (non-hydrogen) atoms. The fourth-order valence-electron chi connectivity index (χ4n) is 4.49. The van der Waals surface area contributed by atoms with Gasteiger partial charge in [0.05, 0.1) is 0 Å². The monoisotopic (exact) mass is 337 g/mol. The summed E-state index contributed by atoms with van der Waals surface area (Å²) < 4.78 is 5.37. The molecule has 0 spiro atoms. The van der Waals surface area contributed by atoms with Crippen LogP contribution >= 0.6 is 0 Å². The van der Waals surface area contributed by atoms with Crippen molar-refractivity contribution in [2.24, 2.45) is 5.92 Å². The Morgan fingerprint density at radius 2 is 1.84 bits per heavy atom. The van der Waals surface area contributed by atoms with Crippen LogP contribution in [0.25, 0.3) is 11.5 Å². The molecule has 130 valence electrons. The highest BCUT2D eigenvalue weighted by atomic mass is 16.5. The SMILES string of the molecule is O=C(c1ccc(-c2nc(C3CC3)no2)cc1)N1CCC[C@@H]2CCC[C@@H]21. The fourth-order valence-corrected chi connectivity index (χ4v) is 4.49. The lowest BCUT2D eigenvalue weighted by Gasteiger charge is -2.37. The van der Waals surface area contributed by atoms with Gasteiger partial charge in [-0.05, 0) is 68.7 Å². The Morgan fingerprint density at radius 3 is 2.64 bits per heavy atom. The molecule has 1 amide bonds. The fraction of sp³-hybridized carbons (Fsp3) is 0.550. The largest absolute Gasteiger partial charge is 0.335 e. The van der Waals surface area contributed by atoms with Gasteiger partial charge in [0.25, 0.3) is 11.8 Å². The zero-order valence-electron chi connectivity index (χ0n) is 14.4. The normalized spacial score (nSPS) is 25.8. The summed E-state index contributed by atoms with van der Waals surface area (Å²) in [5, 5.41) is 4.06. The van der Waals surface area contributed by atoms with E-state index in [4.69, 9.17) is 4.52 Å². The van der Waals surface area contributed by atoms with Crippen LogP contribution in [0.3, 0.4) is 0 Å². The molecule has 5 rings (SSSR count). The van der Waals surface area contributed by atoms with Crippen LogP contribution in [0.1, 0.15) is 67.0 Å². The molecule has 2 atom stereocenters. The number of aromatic nitrogens is 2. The Hall–Kier alpha value is -2.17. The van der Waals surface area contributed by atoms with Crippen molar-refractivity contribution in [3.05, 3.63) is 35.7 Å². The summed E-state index contributed by atoms with van der Waals surface area (Å²) in [7, 11) is 0. The van der Waals surface area contributed by atoms with E-state index in [0.29, 0.717) is 17.9 Å². The average Bonchev–Trinajstić information content (AvgIpc) is 3.19. The molecule has 5 nitrogen and oxygen atoms in total. The number of fused-ring (bicyclic) bond motifs is 1. The van der Waals surface area contributed by atoms with E-state index in [2.05, 4.69) is 15.0 Å². The third-order valence-corrected chi connectivity index (χ3v) is 6.02. The van der Waals surface area contributed by atoms with Gasteiger partial charge in [0.2, 0.25) is 0 Å². The molecule has 5 heteroatoms. The van der Waals surface area contributed by atoms with Gasteiger partial charge in [-0.15, -0.1) is 0 Å². The molecule has 0 unspecified atom stereocenters. The molecule has 1 saturated heterocycles. The lowest BCUT2D eigenvalue weighted by molar-refractivity contribution is 0.0548. The summed E-state index contributed by atoms with van der Waals surface area (Å²) in [5.74, 6) is 2.74. The van der Waals surface area contributed by atoms with Crippen LogP contribution < -0.4 is 0 Å². The van der Waals surface area contributed by atoms with Crippen molar-refractivity contribution in [2.45, 2.75) is 56.9 Å². The van der Waals surface area contributed by atoms with E-state index >= 15 is 0 Å². The number of carbonyl (C=O) groups is 1. The molecule has 3 fully saturated rings. The summed E-state index contributed by atoms with van der Waals surface area (Å²) >= 11 is 0. The molecule has 0 radical (unpaired) electrons. The van der Waals surface area contributed by atoms with Gasteiger partial charge in [-0.3, -0.25) is 4.79 Å². The number of piperidine rings is 1. The predicted octanol–water partition coefficient (Wildman–Crippen LogP) is 4.02. The molecular weight excluding hydrogens is 314 g/mol. The number of benzene rings is 1. The Kier molecular flexibility index (Phi) is 3.61. The highest BCUT2D eigenvalue weighted by Gasteiger charge is 2.37. The van der Waals surface area contributed by atoms with Gasteiger partial charge in [-0.1, -0.05) is 11.6 Å². The molecule has 2 aliphatic carbocycles. The van der Waals surface area contributed by atoms with Gasteiger partial charge in [0.15, 0.2) is 5.82 Å². The van der Waals surface area contributed by atoms with E-state index in [1.54, 1.807) is 0 Å². The molecule has 1 aliphatic heterocycles. The minimum Gasteiger partial charge on any atom is -0.335 e. The van der Waals surface area contributed by atoms with Gasteiger partial charge in [0.1, 0.15) is 0 Å². The van der Waals surface area contributed by atoms with Crippen LogP contribution in [-0.4, -0.2) is 33.5 Å². The van der Waals surface area contributed by atoms with Crippen molar-refractivity contribution in [1.82, 2.24) is 15.0 Å². The summed E-state index contributed by atoms with van der Waals surface area (Å²) in [6.45, 7) is 0.899. The Balaban J connectivity index is 1.34. The van der Waals surface area contributed by atoms with Gasteiger partial charge in [0, 0.05) is 29.6 Å². The van der Waals surface area contributed by atoms with E-state index in [9.17, 15) is 4.79 Å². The van der Waals surface area contributed by atoms with E-state index in [1.165, 1.54) is 25.7 Å². The number of hydrogen-bond acceptors (Lipinski definition) is 4. The van der Waals surface area contributed by atoms with Crippen molar-refractivity contribution in [3.8, 4) is 11.5 Å². The van der Waals surface area contributed by atoms with Crippen LogP contribution in [0.2, 0.25) is 0 Å². The maximum atomic E-state index is 13.0. The second kappa shape index (κ2) is 5.97. The molecule has 2 heterocycles. The van der Waals surface area contributed by atoms with E-state index in [-0.39, 0.29) is 5.91 Å². The smallest absolute Gasteiger partial charge is 0.257 e. The quantitative estimate of drug-likeness (QED) is 0.849. The topological polar surface area (TPSA) is 59.2 Å². The second-order valence-corrected chi connectivity index (χ2v) is 7.71. The minimum absolute atomic E-state index is 0.173.